The van der Waals surface area contributed by atoms with Gasteiger partial charge in [-0.1, -0.05) is 11.8 Å². The van der Waals surface area contributed by atoms with Crippen LogP contribution in [0.5, 0.6) is 0 Å². The summed E-state index contributed by atoms with van der Waals surface area (Å²) in [7, 11) is 1.93. The van der Waals surface area contributed by atoms with Gasteiger partial charge in [0.2, 0.25) is 0 Å². The van der Waals surface area contributed by atoms with Crippen molar-refractivity contribution in [3.8, 4) is 0 Å². The number of carbonyl (C=O) groups is 1. The van der Waals surface area contributed by atoms with E-state index in [0.29, 0.717) is 24.3 Å². The van der Waals surface area contributed by atoms with Crippen LogP contribution in [-0.2, 0) is 13.5 Å². The predicted molar refractivity (Wildman–Crippen MR) is 90.0 cm³/mol. The third-order valence-corrected chi connectivity index (χ3v) is 4.46. The topological polar surface area (TPSA) is 97.3 Å². The average Bonchev–Trinajstić information content (AvgIpc) is 3.17. The smallest absolute Gasteiger partial charge is 0.271 e. The third kappa shape index (κ3) is 3.74. The molecule has 0 aromatic carbocycles. The normalized spacial score (nSPS) is 11.1. The number of thioether (sulfide) groups is 1. The first-order chi connectivity index (χ1) is 11.7. The number of aliphatic hydroxyl groups excluding tert-OH is 1. The van der Waals surface area contributed by atoms with Gasteiger partial charge >= 0.3 is 0 Å². The predicted octanol–water partition coefficient (Wildman–Crippen LogP) is 0.520. The highest BCUT2D eigenvalue weighted by Crippen LogP contribution is 2.13. The lowest BCUT2D eigenvalue weighted by molar-refractivity contribution is 0.0951. The van der Waals surface area contributed by atoms with Gasteiger partial charge in [0.1, 0.15) is 0 Å². The second-order valence-corrected chi connectivity index (χ2v) is 6.26. The maximum absolute atomic E-state index is 12.2. The van der Waals surface area contributed by atoms with E-state index in [9.17, 15) is 4.79 Å². The van der Waals surface area contributed by atoms with Gasteiger partial charge in [-0.3, -0.25) is 4.79 Å². The molecule has 0 saturated carbocycles. The fraction of sp³-hybridized carbons (Fsp3) is 0.333. The quantitative estimate of drug-likeness (QED) is 0.478. The Morgan fingerprint density at radius 2 is 2.29 bits per heavy atom. The average molecular weight is 346 g/mol. The Morgan fingerprint density at radius 3 is 3.04 bits per heavy atom. The Hall–Kier alpha value is -2.39. The summed E-state index contributed by atoms with van der Waals surface area (Å²) >= 11 is 1.58. The van der Waals surface area contributed by atoms with Crippen molar-refractivity contribution in [3.63, 3.8) is 0 Å². The van der Waals surface area contributed by atoms with E-state index in [-0.39, 0.29) is 12.5 Å². The highest BCUT2D eigenvalue weighted by atomic mass is 32.2. The summed E-state index contributed by atoms with van der Waals surface area (Å²) < 4.78 is 3.49. The van der Waals surface area contributed by atoms with Crippen LogP contribution in [0.15, 0.2) is 36.0 Å². The molecule has 24 heavy (non-hydrogen) atoms. The first-order valence-electron chi connectivity index (χ1n) is 7.51. The number of rotatable bonds is 7. The molecule has 3 rings (SSSR count). The van der Waals surface area contributed by atoms with Crippen LogP contribution in [0.1, 0.15) is 16.1 Å². The van der Waals surface area contributed by atoms with Gasteiger partial charge < -0.3 is 15.0 Å². The highest BCUT2D eigenvalue weighted by Gasteiger charge is 2.11. The number of carbonyl (C=O) groups excluding carboxylic acids is 1. The molecule has 0 saturated heterocycles. The number of aromatic nitrogens is 5. The molecule has 1 amide bonds. The van der Waals surface area contributed by atoms with E-state index in [4.69, 9.17) is 5.11 Å². The Balaban J connectivity index is 1.56. The van der Waals surface area contributed by atoms with E-state index in [2.05, 4.69) is 20.4 Å². The minimum Gasteiger partial charge on any atom is -0.396 e. The molecule has 0 aliphatic carbocycles. The monoisotopic (exact) mass is 346 g/mol. The third-order valence-electron chi connectivity index (χ3n) is 3.40. The summed E-state index contributed by atoms with van der Waals surface area (Å²) in [6.07, 6.45) is 7.59. The number of amides is 1. The number of imidazole rings is 1. The molecule has 0 unspecified atom stereocenters. The van der Waals surface area contributed by atoms with Crippen LogP contribution in [-0.4, -0.2) is 54.1 Å². The van der Waals surface area contributed by atoms with E-state index >= 15 is 0 Å². The maximum atomic E-state index is 12.2. The number of nitrogens with zero attached hydrogens (tertiary/aromatic N) is 5. The molecular weight excluding hydrogens is 328 g/mol. The summed E-state index contributed by atoms with van der Waals surface area (Å²) in [5, 5.41) is 17.0. The van der Waals surface area contributed by atoms with Crippen LogP contribution < -0.4 is 5.32 Å². The molecule has 0 fully saturated rings. The molecule has 9 heteroatoms. The van der Waals surface area contributed by atoms with Gasteiger partial charge in [0.15, 0.2) is 16.5 Å². The first-order valence-corrected chi connectivity index (χ1v) is 8.49. The summed E-state index contributed by atoms with van der Waals surface area (Å²) in [4.78, 5) is 20.6. The molecule has 3 heterocycles. The van der Waals surface area contributed by atoms with Crippen molar-refractivity contribution in [1.82, 2.24) is 29.5 Å². The van der Waals surface area contributed by atoms with Gasteiger partial charge in [-0.05, 0) is 12.0 Å². The lowest BCUT2D eigenvalue weighted by Crippen LogP contribution is -2.26. The second kappa shape index (κ2) is 7.45. The van der Waals surface area contributed by atoms with Crippen molar-refractivity contribution < 1.29 is 9.90 Å². The molecule has 0 atom stereocenters. The van der Waals surface area contributed by atoms with E-state index < -0.39 is 0 Å². The van der Waals surface area contributed by atoms with Gasteiger partial charge in [0, 0.05) is 56.8 Å². The van der Waals surface area contributed by atoms with Crippen LogP contribution in [0.2, 0.25) is 0 Å². The number of aliphatic hydroxyl groups is 1. The molecular formula is C15H18N6O2S. The Bertz CT molecular complexity index is 843. The zero-order valence-corrected chi connectivity index (χ0v) is 14.0. The minimum atomic E-state index is -0.232. The van der Waals surface area contributed by atoms with Crippen LogP contribution in [0.3, 0.4) is 0 Å². The summed E-state index contributed by atoms with van der Waals surface area (Å²) in [5.74, 6) is 0.493. The van der Waals surface area contributed by atoms with Crippen LogP contribution in [0.4, 0.5) is 0 Å². The van der Waals surface area contributed by atoms with E-state index in [1.54, 1.807) is 40.9 Å². The van der Waals surface area contributed by atoms with Gasteiger partial charge in [-0.25, -0.2) is 14.5 Å². The van der Waals surface area contributed by atoms with Gasteiger partial charge in [0.25, 0.3) is 5.91 Å². The highest BCUT2D eigenvalue weighted by molar-refractivity contribution is 7.99. The molecule has 2 N–H and O–H groups in total. The Kier molecular flexibility index (Phi) is 5.11. The Labute approximate surface area is 142 Å². The van der Waals surface area contributed by atoms with E-state index in [1.165, 1.54) is 0 Å². The first kappa shape index (κ1) is 16.5. The fourth-order valence-corrected chi connectivity index (χ4v) is 2.96. The van der Waals surface area contributed by atoms with Crippen LogP contribution in [0, 0.1) is 0 Å². The van der Waals surface area contributed by atoms with Crippen molar-refractivity contribution in [1.29, 1.82) is 0 Å². The fourth-order valence-electron chi connectivity index (χ4n) is 2.17. The molecule has 3 aromatic heterocycles. The van der Waals surface area contributed by atoms with Crippen molar-refractivity contribution in [3.05, 3.63) is 42.1 Å². The molecule has 8 nitrogen and oxygen atoms in total. The van der Waals surface area contributed by atoms with E-state index in [0.717, 1.165) is 16.5 Å². The van der Waals surface area contributed by atoms with E-state index in [1.807, 2.05) is 17.8 Å². The Morgan fingerprint density at radius 1 is 1.42 bits per heavy atom. The van der Waals surface area contributed by atoms with Crippen molar-refractivity contribution in [2.75, 3.05) is 18.9 Å². The van der Waals surface area contributed by atoms with Gasteiger partial charge in [-0.2, -0.15) is 5.10 Å². The zero-order valence-electron chi connectivity index (χ0n) is 13.2. The van der Waals surface area contributed by atoms with Crippen molar-refractivity contribution >= 4 is 23.3 Å². The molecule has 0 radical (unpaired) electrons. The molecule has 0 aliphatic rings. The van der Waals surface area contributed by atoms with Crippen molar-refractivity contribution in [2.45, 2.75) is 11.6 Å². The number of hydrogen-bond acceptors (Lipinski definition) is 6. The second-order valence-electron chi connectivity index (χ2n) is 5.19. The standard InChI is InChI=1S/C15H18N6O2S/c1-20-5-3-17-15(20)24-7-4-16-14(23)12-8-13-18-9-11(2-6-22)10-21(13)19-12/h3,5,8-10,22H,2,4,6-7H2,1H3,(H,16,23). The summed E-state index contributed by atoms with van der Waals surface area (Å²) in [6, 6.07) is 1.64. The van der Waals surface area contributed by atoms with Crippen LogP contribution in [0.25, 0.3) is 5.65 Å². The van der Waals surface area contributed by atoms with Crippen molar-refractivity contribution in [2.24, 2.45) is 7.05 Å². The van der Waals surface area contributed by atoms with Gasteiger partial charge in [0.05, 0.1) is 0 Å². The number of fused-ring (bicyclic) bond motifs is 1. The largest absolute Gasteiger partial charge is 0.396 e. The maximum Gasteiger partial charge on any atom is 0.271 e. The number of hydrogen-bond donors (Lipinski definition) is 2. The minimum absolute atomic E-state index is 0.0511. The number of nitrogens with one attached hydrogen (secondary N) is 1. The SMILES string of the molecule is Cn1ccnc1SCCNC(=O)c1cc2ncc(CCO)cn2n1. The molecule has 126 valence electrons. The lowest BCUT2D eigenvalue weighted by Gasteiger charge is -2.03. The molecule has 3 aromatic rings. The lowest BCUT2D eigenvalue weighted by atomic mass is 10.2. The summed E-state index contributed by atoms with van der Waals surface area (Å²) in [5.41, 5.74) is 1.79. The van der Waals surface area contributed by atoms with Crippen LogP contribution >= 0.6 is 11.8 Å². The molecule has 0 bridgehead atoms. The van der Waals surface area contributed by atoms with Gasteiger partial charge in [-0.15, -0.1) is 0 Å². The molecule has 0 spiro atoms. The zero-order chi connectivity index (χ0) is 16.9. The number of aryl methyl sites for hydroxylation is 1. The molecule has 0 aliphatic heterocycles. The summed E-state index contributed by atoms with van der Waals surface area (Å²) in [6.45, 7) is 0.572.